The van der Waals surface area contributed by atoms with E-state index in [4.69, 9.17) is 4.74 Å². The summed E-state index contributed by atoms with van der Waals surface area (Å²) in [6.45, 7) is 1.84. The highest BCUT2D eigenvalue weighted by Crippen LogP contribution is 2.46. The number of nitrogens with zero attached hydrogens (tertiary/aromatic N) is 3. The van der Waals surface area contributed by atoms with Gasteiger partial charge in [0.25, 0.3) is 0 Å². The molecule has 150 valence electrons. The lowest BCUT2D eigenvalue weighted by molar-refractivity contribution is -0.140. The van der Waals surface area contributed by atoms with Crippen LogP contribution in [0, 0.1) is 0 Å². The second-order valence-corrected chi connectivity index (χ2v) is 10.8. The number of likely N-dealkylation sites (tertiary alicyclic amines) is 1. The number of hydrogen-bond donors (Lipinski definition) is 0. The zero-order valence-electron chi connectivity index (χ0n) is 15.8. The van der Waals surface area contributed by atoms with Crippen molar-refractivity contribution in [1.29, 1.82) is 0 Å². The molecule has 0 aliphatic carbocycles. The van der Waals surface area contributed by atoms with E-state index in [9.17, 15) is 13.2 Å². The lowest BCUT2D eigenvalue weighted by Gasteiger charge is -2.44. The Bertz CT molecular complexity index is 964. The van der Waals surface area contributed by atoms with Crippen LogP contribution in [0.3, 0.4) is 0 Å². The molecular formula is C19H23N3O4S2. The number of aromatic nitrogens is 2. The highest BCUT2D eigenvalue weighted by atomic mass is 32.2. The summed E-state index contributed by atoms with van der Waals surface area (Å²) in [6, 6.07) is 2.17. The highest BCUT2D eigenvalue weighted by molar-refractivity contribution is 7.90. The van der Waals surface area contributed by atoms with Gasteiger partial charge in [-0.25, -0.2) is 8.42 Å². The molecule has 0 aromatic carbocycles. The topological polar surface area (TPSA) is 89.5 Å². The van der Waals surface area contributed by atoms with Crippen LogP contribution in [0.1, 0.15) is 29.7 Å². The van der Waals surface area contributed by atoms with E-state index in [-0.39, 0.29) is 23.7 Å². The largest absolute Gasteiger partial charge is 0.370 e. The number of fused-ring (bicyclic) bond motifs is 2. The molecule has 2 aromatic heterocycles. The van der Waals surface area contributed by atoms with Gasteiger partial charge in [-0.15, -0.1) is 11.3 Å². The molecule has 0 radical (unpaired) electrons. The third-order valence-corrected chi connectivity index (χ3v) is 7.60. The first-order valence-electron chi connectivity index (χ1n) is 9.35. The Morgan fingerprint density at radius 1 is 1.32 bits per heavy atom. The Morgan fingerprint density at radius 2 is 2.11 bits per heavy atom. The first kappa shape index (κ1) is 19.5. The third kappa shape index (κ3) is 3.97. The smallest absolute Gasteiger partial charge is 0.223 e. The summed E-state index contributed by atoms with van der Waals surface area (Å²) in [5.41, 5.74) is 1.72. The lowest BCUT2D eigenvalue weighted by atomic mass is 9.82. The van der Waals surface area contributed by atoms with E-state index in [2.05, 4.69) is 16.0 Å². The van der Waals surface area contributed by atoms with Crippen molar-refractivity contribution < 1.29 is 17.9 Å². The Kier molecular flexibility index (Phi) is 5.24. The van der Waals surface area contributed by atoms with Gasteiger partial charge in [0, 0.05) is 49.5 Å². The first-order chi connectivity index (χ1) is 13.4. The zero-order valence-corrected chi connectivity index (χ0v) is 17.4. The second kappa shape index (κ2) is 7.53. The summed E-state index contributed by atoms with van der Waals surface area (Å²) in [5.74, 6) is -0.193. The predicted molar refractivity (Wildman–Crippen MR) is 107 cm³/mol. The summed E-state index contributed by atoms with van der Waals surface area (Å²) in [4.78, 5) is 25.1. The Hall–Kier alpha value is -1.84. The summed E-state index contributed by atoms with van der Waals surface area (Å²) < 4.78 is 28.9. The monoisotopic (exact) mass is 421 g/mol. The van der Waals surface area contributed by atoms with Gasteiger partial charge in [-0.05, 0) is 24.5 Å². The molecule has 2 aliphatic heterocycles. The summed E-state index contributed by atoms with van der Waals surface area (Å²) >= 11 is 1.74. The number of sulfone groups is 1. The van der Waals surface area contributed by atoms with Crippen LogP contribution >= 0.6 is 11.3 Å². The molecule has 28 heavy (non-hydrogen) atoms. The van der Waals surface area contributed by atoms with Crippen molar-refractivity contribution >= 4 is 27.1 Å². The minimum Gasteiger partial charge on any atom is -0.370 e. The van der Waals surface area contributed by atoms with E-state index < -0.39 is 9.84 Å². The van der Waals surface area contributed by atoms with E-state index >= 15 is 0 Å². The zero-order chi connectivity index (χ0) is 19.8. The van der Waals surface area contributed by atoms with Gasteiger partial charge in [-0.1, -0.05) is 0 Å². The fourth-order valence-corrected chi connectivity index (χ4v) is 5.67. The van der Waals surface area contributed by atoms with Crippen LogP contribution in [-0.4, -0.2) is 60.9 Å². The van der Waals surface area contributed by atoms with Gasteiger partial charge in [-0.2, -0.15) is 0 Å². The molecule has 1 spiro atoms. The Labute approximate surface area is 168 Å². The molecule has 0 saturated carbocycles. The van der Waals surface area contributed by atoms with Crippen LogP contribution in [0.5, 0.6) is 0 Å². The van der Waals surface area contributed by atoms with Crippen molar-refractivity contribution in [2.45, 2.75) is 31.3 Å². The van der Waals surface area contributed by atoms with Gasteiger partial charge < -0.3 is 9.64 Å². The maximum absolute atomic E-state index is 12.4. The van der Waals surface area contributed by atoms with E-state index in [0.29, 0.717) is 19.7 Å². The van der Waals surface area contributed by atoms with Gasteiger partial charge in [0.2, 0.25) is 5.91 Å². The fraction of sp³-hybridized carbons (Fsp3) is 0.526. The summed E-state index contributed by atoms with van der Waals surface area (Å²) in [5, 5.41) is 0. The van der Waals surface area contributed by atoms with Crippen LogP contribution in [-0.2, 0) is 31.4 Å². The molecule has 0 unspecified atom stereocenters. The van der Waals surface area contributed by atoms with Gasteiger partial charge in [0.1, 0.15) is 9.84 Å². The van der Waals surface area contributed by atoms with Gasteiger partial charge in [-0.3, -0.25) is 14.8 Å². The molecule has 0 bridgehead atoms. The SMILES string of the molecule is CS(=O)(=O)CCC(=O)N1CCC2(CC1)OCCc1sc(-c3cnccn3)cc12. The lowest BCUT2D eigenvalue weighted by Crippen LogP contribution is -2.48. The average molecular weight is 422 g/mol. The molecule has 2 aromatic rings. The van der Waals surface area contributed by atoms with E-state index in [1.54, 1.807) is 34.8 Å². The first-order valence-corrected chi connectivity index (χ1v) is 12.2. The maximum atomic E-state index is 12.4. The minimum atomic E-state index is -3.13. The number of rotatable bonds is 4. The van der Waals surface area contributed by atoms with Crippen molar-refractivity contribution in [2.24, 2.45) is 0 Å². The number of thiophene rings is 1. The van der Waals surface area contributed by atoms with Crippen LogP contribution in [0.2, 0.25) is 0 Å². The van der Waals surface area contributed by atoms with Crippen LogP contribution in [0.25, 0.3) is 10.6 Å². The molecular weight excluding hydrogens is 398 g/mol. The van der Waals surface area contributed by atoms with Crippen molar-refractivity contribution in [1.82, 2.24) is 14.9 Å². The van der Waals surface area contributed by atoms with E-state index in [1.165, 1.54) is 10.4 Å². The van der Waals surface area contributed by atoms with Crippen molar-refractivity contribution in [3.63, 3.8) is 0 Å². The molecule has 7 nitrogen and oxygen atoms in total. The molecule has 1 amide bonds. The van der Waals surface area contributed by atoms with Crippen LogP contribution in [0.4, 0.5) is 0 Å². The van der Waals surface area contributed by atoms with Gasteiger partial charge >= 0.3 is 0 Å². The molecule has 1 saturated heterocycles. The van der Waals surface area contributed by atoms with Crippen molar-refractivity contribution in [3.05, 3.63) is 35.1 Å². The average Bonchev–Trinajstić information content (AvgIpc) is 3.13. The second-order valence-electron chi connectivity index (χ2n) is 7.39. The number of carbonyl (C=O) groups excluding carboxylic acids is 1. The number of piperidine rings is 1. The third-order valence-electron chi connectivity index (χ3n) is 5.43. The molecule has 4 rings (SSSR count). The minimum absolute atomic E-state index is 0.0488. The van der Waals surface area contributed by atoms with Crippen molar-refractivity contribution in [2.75, 3.05) is 31.7 Å². The molecule has 2 aliphatic rings. The van der Waals surface area contributed by atoms with Gasteiger partial charge in [0.15, 0.2) is 0 Å². The number of ether oxygens (including phenoxy) is 1. The molecule has 0 atom stereocenters. The van der Waals surface area contributed by atoms with Crippen molar-refractivity contribution in [3.8, 4) is 10.6 Å². The van der Waals surface area contributed by atoms with E-state index in [1.807, 2.05) is 0 Å². The van der Waals surface area contributed by atoms with Crippen LogP contribution in [0.15, 0.2) is 24.7 Å². The molecule has 1 fully saturated rings. The Morgan fingerprint density at radius 3 is 2.79 bits per heavy atom. The highest BCUT2D eigenvalue weighted by Gasteiger charge is 2.42. The van der Waals surface area contributed by atoms with Crippen LogP contribution < -0.4 is 0 Å². The normalized spacial score (nSPS) is 18.8. The molecule has 0 N–H and O–H groups in total. The summed E-state index contributed by atoms with van der Waals surface area (Å²) in [6.07, 6.45) is 8.68. The maximum Gasteiger partial charge on any atom is 0.223 e. The van der Waals surface area contributed by atoms with Gasteiger partial charge in [0.05, 0.1) is 34.7 Å². The summed E-state index contributed by atoms with van der Waals surface area (Å²) in [7, 11) is -3.13. The Balaban J connectivity index is 1.49. The molecule has 4 heterocycles. The standard InChI is InChI=1S/C19H23N3O4S2/c1-28(24,25)11-3-18(23)22-8-4-19(5-9-22)14-12-17(15-13-20-6-7-21-15)27-16(14)2-10-26-19/h6-7,12-13H,2-5,8-11H2,1H3. The molecule has 9 heteroatoms. The van der Waals surface area contributed by atoms with E-state index in [0.717, 1.165) is 36.1 Å². The number of carbonyl (C=O) groups is 1. The number of hydrogen-bond acceptors (Lipinski definition) is 7. The quantitative estimate of drug-likeness (QED) is 0.750. The number of amides is 1. The fourth-order valence-electron chi connectivity index (χ4n) is 3.93. The predicted octanol–water partition coefficient (Wildman–Crippen LogP) is 2.03.